The van der Waals surface area contributed by atoms with E-state index in [-0.39, 0.29) is 0 Å². The van der Waals surface area contributed by atoms with Gasteiger partial charge < -0.3 is 5.73 Å². The highest BCUT2D eigenvalue weighted by Gasteiger charge is 2.22. The van der Waals surface area contributed by atoms with Crippen molar-refractivity contribution in [3.63, 3.8) is 0 Å². The average molecular weight is 297 g/mol. The molecule has 1 aromatic rings. The van der Waals surface area contributed by atoms with E-state index in [0.717, 1.165) is 6.54 Å². The molecule has 17 heavy (non-hydrogen) atoms. The van der Waals surface area contributed by atoms with E-state index in [9.17, 15) is 0 Å². The Bertz CT molecular complexity index is 359. The van der Waals surface area contributed by atoms with Crippen LogP contribution in [0.25, 0.3) is 0 Å². The fourth-order valence-electron chi connectivity index (χ4n) is 2.57. The Balaban J connectivity index is 1.93. The minimum Gasteiger partial charge on any atom is -0.328 e. The number of nitrogens with two attached hydrogens (primary N) is 1. The molecule has 94 valence electrons. The third-order valence-electron chi connectivity index (χ3n) is 3.74. The molecule has 3 heteroatoms. The summed E-state index contributed by atoms with van der Waals surface area (Å²) >= 11 is 3.61. The van der Waals surface area contributed by atoms with Crippen molar-refractivity contribution in [3.05, 3.63) is 34.3 Å². The molecule has 0 aliphatic heterocycles. The zero-order valence-electron chi connectivity index (χ0n) is 10.4. The van der Waals surface area contributed by atoms with Gasteiger partial charge in [0, 0.05) is 23.1 Å². The summed E-state index contributed by atoms with van der Waals surface area (Å²) < 4.78 is 1.21. The largest absolute Gasteiger partial charge is 0.328 e. The Kier molecular flexibility index (Phi) is 4.60. The van der Waals surface area contributed by atoms with Crippen molar-refractivity contribution in [2.24, 2.45) is 5.73 Å². The van der Waals surface area contributed by atoms with Crippen molar-refractivity contribution >= 4 is 15.9 Å². The van der Waals surface area contributed by atoms with Crippen molar-refractivity contribution < 1.29 is 0 Å². The minimum absolute atomic E-state index is 0.433. The van der Waals surface area contributed by atoms with E-state index in [1.165, 1.54) is 35.7 Å². The van der Waals surface area contributed by atoms with E-state index >= 15 is 0 Å². The number of nitrogens with zero attached hydrogens (tertiary/aromatic N) is 1. The molecule has 0 saturated heterocycles. The van der Waals surface area contributed by atoms with Crippen LogP contribution in [-0.4, -0.2) is 24.0 Å². The predicted molar refractivity (Wildman–Crippen MR) is 75.8 cm³/mol. The molecule has 0 aromatic heterocycles. The number of rotatable bonds is 3. The summed E-state index contributed by atoms with van der Waals surface area (Å²) in [5.74, 6) is 0. The second kappa shape index (κ2) is 5.98. The zero-order valence-corrected chi connectivity index (χ0v) is 12.0. The molecule has 0 heterocycles. The number of hydrogen-bond acceptors (Lipinski definition) is 2. The van der Waals surface area contributed by atoms with Crippen molar-refractivity contribution in [2.75, 3.05) is 7.05 Å². The second-order valence-corrected chi connectivity index (χ2v) is 5.93. The zero-order chi connectivity index (χ0) is 12.3. The summed E-state index contributed by atoms with van der Waals surface area (Å²) in [6.07, 6.45) is 4.82. The topological polar surface area (TPSA) is 29.3 Å². The van der Waals surface area contributed by atoms with Crippen LogP contribution in [0.1, 0.15) is 31.2 Å². The van der Waals surface area contributed by atoms with E-state index in [4.69, 9.17) is 5.73 Å². The minimum atomic E-state index is 0.433. The van der Waals surface area contributed by atoms with Gasteiger partial charge in [-0.2, -0.15) is 0 Å². The van der Waals surface area contributed by atoms with Crippen LogP contribution >= 0.6 is 15.9 Å². The molecule has 0 amide bonds. The molecular formula is C14H21BrN2. The first-order valence-electron chi connectivity index (χ1n) is 6.36. The average Bonchev–Trinajstić information content (AvgIpc) is 2.33. The summed E-state index contributed by atoms with van der Waals surface area (Å²) in [5.41, 5.74) is 7.31. The summed E-state index contributed by atoms with van der Waals surface area (Å²) in [4.78, 5) is 2.46. The molecule has 0 unspecified atom stereocenters. The Labute approximate surface area is 112 Å². The highest BCUT2D eigenvalue weighted by molar-refractivity contribution is 9.10. The lowest BCUT2D eigenvalue weighted by molar-refractivity contribution is 0.176. The van der Waals surface area contributed by atoms with Crippen molar-refractivity contribution in [1.82, 2.24) is 4.90 Å². The van der Waals surface area contributed by atoms with Crippen LogP contribution < -0.4 is 5.73 Å². The van der Waals surface area contributed by atoms with Gasteiger partial charge in [0.1, 0.15) is 0 Å². The van der Waals surface area contributed by atoms with Gasteiger partial charge in [0.05, 0.1) is 0 Å². The van der Waals surface area contributed by atoms with Gasteiger partial charge in [-0.25, -0.2) is 0 Å². The SMILES string of the molecule is CN(Cc1ccccc1Br)C1CCC(N)CC1. The van der Waals surface area contributed by atoms with Crippen LogP contribution in [0.15, 0.2) is 28.7 Å². The van der Waals surface area contributed by atoms with E-state index in [2.05, 4.69) is 52.1 Å². The van der Waals surface area contributed by atoms with Gasteiger partial charge in [0.2, 0.25) is 0 Å². The number of benzene rings is 1. The lowest BCUT2D eigenvalue weighted by Gasteiger charge is -2.33. The van der Waals surface area contributed by atoms with Crippen LogP contribution in [0.3, 0.4) is 0 Å². The van der Waals surface area contributed by atoms with Crippen molar-refractivity contribution in [1.29, 1.82) is 0 Å². The van der Waals surface area contributed by atoms with Gasteiger partial charge in [-0.05, 0) is 44.4 Å². The highest BCUT2D eigenvalue weighted by Crippen LogP contribution is 2.24. The first-order chi connectivity index (χ1) is 8.16. The highest BCUT2D eigenvalue weighted by atomic mass is 79.9. The van der Waals surface area contributed by atoms with Gasteiger partial charge in [0.25, 0.3) is 0 Å². The third-order valence-corrected chi connectivity index (χ3v) is 4.52. The van der Waals surface area contributed by atoms with E-state index in [1.807, 2.05) is 0 Å². The molecule has 1 aliphatic rings. The molecule has 2 N–H and O–H groups in total. The molecular weight excluding hydrogens is 276 g/mol. The Morgan fingerprint density at radius 3 is 2.53 bits per heavy atom. The molecule has 1 aliphatic carbocycles. The first-order valence-corrected chi connectivity index (χ1v) is 7.15. The van der Waals surface area contributed by atoms with Crippen LogP contribution in [0.2, 0.25) is 0 Å². The standard InChI is InChI=1S/C14H21BrN2/c1-17(13-8-6-12(16)7-9-13)10-11-4-2-3-5-14(11)15/h2-5,12-13H,6-10,16H2,1H3. The first kappa shape index (κ1) is 13.1. The second-order valence-electron chi connectivity index (χ2n) is 5.08. The third kappa shape index (κ3) is 3.54. The fourth-order valence-corrected chi connectivity index (χ4v) is 2.98. The molecule has 1 fully saturated rings. The van der Waals surface area contributed by atoms with Gasteiger partial charge in [-0.1, -0.05) is 34.1 Å². The molecule has 2 rings (SSSR count). The normalized spacial score (nSPS) is 25.2. The predicted octanol–water partition coefficient (Wildman–Crippen LogP) is 3.15. The molecule has 0 spiro atoms. The number of hydrogen-bond donors (Lipinski definition) is 1. The Morgan fingerprint density at radius 1 is 1.24 bits per heavy atom. The quantitative estimate of drug-likeness (QED) is 0.928. The maximum atomic E-state index is 5.95. The molecule has 0 bridgehead atoms. The van der Waals surface area contributed by atoms with Gasteiger partial charge in [-0.3, -0.25) is 4.90 Å². The molecule has 1 saturated carbocycles. The van der Waals surface area contributed by atoms with Crippen LogP contribution in [-0.2, 0) is 6.54 Å². The van der Waals surface area contributed by atoms with Gasteiger partial charge in [-0.15, -0.1) is 0 Å². The maximum absolute atomic E-state index is 5.95. The lowest BCUT2D eigenvalue weighted by Crippen LogP contribution is -2.38. The number of halogens is 1. The summed E-state index contributed by atoms with van der Waals surface area (Å²) in [6, 6.07) is 9.59. The fraction of sp³-hybridized carbons (Fsp3) is 0.571. The molecule has 0 atom stereocenters. The lowest BCUT2D eigenvalue weighted by atomic mass is 9.91. The van der Waals surface area contributed by atoms with E-state index in [0.29, 0.717) is 12.1 Å². The summed E-state index contributed by atoms with van der Waals surface area (Å²) in [7, 11) is 2.22. The molecule has 1 aromatic carbocycles. The van der Waals surface area contributed by atoms with Crippen molar-refractivity contribution in [2.45, 2.75) is 44.3 Å². The van der Waals surface area contributed by atoms with Crippen LogP contribution in [0, 0.1) is 0 Å². The smallest absolute Gasteiger partial charge is 0.0244 e. The summed E-state index contributed by atoms with van der Waals surface area (Å²) in [5, 5.41) is 0. The molecule has 0 radical (unpaired) electrons. The van der Waals surface area contributed by atoms with E-state index < -0.39 is 0 Å². The molecule has 2 nitrogen and oxygen atoms in total. The maximum Gasteiger partial charge on any atom is 0.0244 e. The van der Waals surface area contributed by atoms with E-state index in [1.54, 1.807) is 0 Å². The van der Waals surface area contributed by atoms with Crippen molar-refractivity contribution in [3.8, 4) is 0 Å². The van der Waals surface area contributed by atoms with Crippen LogP contribution in [0.5, 0.6) is 0 Å². The van der Waals surface area contributed by atoms with Gasteiger partial charge >= 0.3 is 0 Å². The Morgan fingerprint density at radius 2 is 1.88 bits per heavy atom. The van der Waals surface area contributed by atoms with Gasteiger partial charge in [0.15, 0.2) is 0 Å². The van der Waals surface area contributed by atoms with Crippen LogP contribution in [0.4, 0.5) is 0 Å². The summed E-state index contributed by atoms with van der Waals surface area (Å²) in [6.45, 7) is 1.02. The monoisotopic (exact) mass is 296 g/mol. The Hall–Kier alpha value is -0.380.